The molecule has 0 bridgehead atoms. The summed E-state index contributed by atoms with van der Waals surface area (Å²) in [6.45, 7) is 4.20. The number of nitrogens with one attached hydrogen (secondary N) is 2. The maximum atomic E-state index is 13.5. The van der Waals surface area contributed by atoms with Crippen molar-refractivity contribution in [2.75, 3.05) is 5.32 Å². The number of nitrogens with zero attached hydrogens (tertiary/aromatic N) is 2. The van der Waals surface area contributed by atoms with Gasteiger partial charge < -0.3 is 5.32 Å². The molecule has 2 aromatic rings. The van der Waals surface area contributed by atoms with Crippen LogP contribution in [0.4, 0.5) is 10.1 Å². The first-order valence-electron chi connectivity index (χ1n) is 7.03. The molecule has 5 nitrogen and oxygen atoms in total. The number of hydrogen-bond donors (Lipinski definition) is 2. The van der Waals surface area contributed by atoms with Crippen molar-refractivity contribution >= 4 is 11.6 Å². The topological polar surface area (TPSA) is 70.7 Å². The van der Waals surface area contributed by atoms with E-state index in [9.17, 15) is 9.18 Å². The standard InChI is InChI=1S/C15H17FN4O/c1-8(2)5-13-18-15(20-19-13)11-7-14(21)17-12-4-3-9(16)6-10(11)12/h3-4,6,8,11H,5,7H2,1-2H3,(H,17,21)(H,18,19,20). The van der Waals surface area contributed by atoms with E-state index in [4.69, 9.17) is 0 Å². The van der Waals surface area contributed by atoms with Gasteiger partial charge in [-0.25, -0.2) is 9.37 Å². The molecule has 21 heavy (non-hydrogen) atoms. The van der Waals surface area contributed by atoms with Crippen molar-refractivity contribution in [2.45, 2.75) is 32.6 Å². The molecule has 0 saturated carbocycles. The van der Waals surface area contributed by atoms with E-state index >= 15 is 0 Å². The number of hydrogen-bond acceptors (Lipinski definition) is 3. The number of aromatic amines is 1. The summed E-state index contributed by atoms with van der Waals surface area (Å²) in [6, 6.07) is 4.36. The van der Waals surface area contributed by atoms with Gasteiger partial charge in [0.2, 0.25) is 5.91 Å². The molecule has 0 fully saturated rings. The first kappa shape index (κ1) is 13.7. The van der Waals surface area contributed by atoms with Gasteiger partial charge in [-0.3, -0.25) is 9.89 Å². The molecule has 1 aliphatic heterocycles. The Kier molecular flexibility index (Phi) is 3.45. The van der Waals surface area contributed by atoms with Crippen LogP contribution in [0, 0.1) is 11.7 Å². The third kappa shape index (κ3) is 2.79. The minimum absolute atomic E-state index is 0.102. The Hall–Kier alpha value is -2.24. The number of fused-ring (bicyclic) bond motifs is 1. The molecule has 1 aliphatic rings. The van der Waals surface area contributed by atoms with Crippen molar-refractivity contribution in [3.05, 3.63) is 41.2 Å². The number of halogens is 1. The van der Waals surface area contributed by atoms with E-state index in [0.29, 0.717) is 17.4 Å². The van der Waals surface area contributed by atoms with Crippen molar-refractivity contribution in [2.24, 2.45) is 5.92 Å². The highest BCUT2D eigenvalue weighted by molar-refractivity contribution is 5.95. The molecule has 1 aromatic carbocycles. The summed E-state index contributed by atoms with van der Waals surface area (Å²) < 4.78 is 13.5. The van der Waals surface area contributed by atoms with Crippen molar-refractivity contribution < 1.29 is 9.18 Å². The van der Waals surface area contributed by atoms with E-state index in [-0.39, 0.29) is 24.1 Å². The van der Waals surface area contributed by atoms with E-state index in [0.717, 1.165) is 17.8 Å². The third-order valence-electron chi connectivity index (χ3n) is 3.51. The Morgan fingerprint density at radius 1 is 1.43 bits per heavy atom. The molecule has 2 N–H and O–H groups in total. The zero-order chi connectivity index (χ0) is 15.0. The lowest BCUT2D eigenvalue weighted by Gasteiger charge is -2.23. The first-order chi connectivity index (χ1) is 10.0. The van der Waals surface area contributed by atoms with Crippen LogP contribution in [0.1, 0.15) is 43.4 Å². The predicted molar refractivity (Wildman–Crippen MR) is 76.4 cm³/mol. The van der Waals surface area contributed by atoms with Gasteiger partial charge in [0.15, 0.2) is 5.82 Å². The molecule has 1 amide bonds. The fraction of sp³-hybridized carbons (Fsp3) is 0.400. The zero-order valence-electron chi connectivity index (χ0n) is 12.0. The van der Waals surface area contributed by atoms with Crippen molar-refractivity contribution in [1.82, 2.24) is 15.2 Å². The number of carbonyl (C=O) groups is 1. The molecule has 110 valence electrons. The summed E-state index contributed by atoms with van der Waals surface area (Å²) >= 11 is 0. The Labute approximate surface area is 122 Å². The van der Waals surface area contributed by atoms with Gasteiger partial charge in [-0.05, 0) is 29.7 Å². The monoisotopic (exact) mass is 288 g/mol. The van der Waals surface area contributed by atoms with Crippen molar-refractivity contribution in [3.8, 4) is 0 Å². The number of amides is 1. The number of benzene rings is 1. The Morgan fingerprint density at radius 2 is 2.24 bits per heavy atom. The van der Waals surface area contributed by atoms with Crippen LogP contribution < -0.4 is 5.32 Å². The second-order valence-electron chi connectivity index (χ2n) is 5.77. The minimum Gasteiger partial charge on any atom is -0.326 e. The average molecular weight is 288 g/mol. The lowest BCUT2D eigenvalue weighted by Crippen LogP contribution is -2.24. The van der Waals surface area contributed by atoms with Gasteiger partial charge in [0.05, 0.1) is 5.92 Å². The van der Waals surface area contributed by atoms with Crippen LogP contribution in [0.3, 0.4) is 0 Å². The lowest BCUT2D eigenvalue weighted by atomic mass is 9.90. The minimum atomic E-state index is -0.326. The summed E-state index contributed by atoms with van der Waals surface area (Å²) in [5.41, 5.74) is 1.36. The fourth-order valence-electron chi connectivity index (χ4n) is 2.61. The number of aromatic nitrogens is 3. The highest BCUT2D eigenvalue weighted by Gasteiger charge is 2.29. The molecule has 0 saturated heterocycles. The molecule has 0 aliphatic carbocycles. The molecular weight excluding hydrogens is 271 g/mol. The van der Waals surface area contributed by atoms with Crippen LogP contribution >= 0.6 is 0 Å². The summed E-state index contributed by atoms with van der Waals surface area (Å²) in [6.07, 6.45) is 1.03. The van der Waals surface area contributed by atoms with E-state index < -0.39 is 0 Å². The summed E-state index contributed by atoms with van der Waals surface area (Å²) in [7, 11) is 0. The normalized spacial score (nSPS) is 17.7. The molecule has 1 unspecified atom stereocenters. The van der Waals surface area contributed by atoms with Gasteiger partial charge in [0.25, 0.3) is 0 Å². The predicted octanol–water partition coefficient (Wildman–Crippen LogP) is 2.62. The van der Waals surface area contributed by atoms with Gasteiger partial charge >= 0.3 is 0 Å². The van der Waals surface area contributed by atoms with Crippen molar-refractivity contribution in [1.29, 1.82) is 0 Å². The largest absolute Gasteiger partial charge is 0.326 e. The molecule has 6 heteroatoms. The zero-order valence-corrected chi connectivity index (χ0v) is 12.0. The first-order valence-corrected chi connectivity index (χ1v) is 7.03. The Morgan fingerprint density at radius 3 is 3.00 bits per heavy atom. The SMILES string of the molecule is CC(C)Cc1nc(C2CC(=O)Nc3ccc(F)cc32)n[nH]1. The van der Waals surface area contributed by atoms with Crippen LogP contribution in [0.25, 0.3) is 0 Å². The Balaban J connectivity index is 1.97. The molecule has 0 radical (unpaired) electrons. The number of anilines is 1. The molecule has 0 spiro atoms. The van der Waals surface area contributed by atoms with Gasteiger partial charge in [-0.15, -0.1) is 0 Å². The van der Waals surface area contributed by atoms with Gasteiger partial charge in [0, 0.05) is 18.5 Å². The molecule has 3 rings (SSSR count). The van der Waals surface area contributed by atoms with Crippen LogP contribution in [-0.2, 0) is 11.2 Å². The Bertz CT molecular complexity index is 680. The maximum Gasteiger partial charge on any atom is 0.225 e. The molecular formula is C15H17FN4O. The molecule has 1 aromatic heterocycles. The number of carbonyl (C=O) groups excluding carboxylic acids is 1. The second-order valence-corrected chi connectivity index (χ2v) is 5.77. The maximum absolute atomic E-state index is 13.5. The summed E-state index contributed by atoms with van der Waals surface area (Å²) in [4.78, 5) is 16.3. The highest BCUT2D eigenvalue weighted by Crippen LogP contribution is 2.35. The van der Waals surface area contributed by atoms with Crippen LogP contribution in [0.5, 0.6) is 0 Å². The van der Waals surface area contributed by atoms with E-state index in [1.54, 1.807) is 6.07 Å². The summed E-state index contributed by atoms with van der Waals surface area (Å²) in [5, 5.41) is 9.88. The molecule has 2 heterocycles. The lowest BCUT2D eigenvalue weighted by molar-refractivity contribution is -0.116. The van der Waals surface area contributed by atoms with Crippen LogP contribution in [-0.4, -0.2) is 21.1 Å². The van der Waals surface area contributed by atoms with E-state index in [2.05, 4.69) is 34.3 Å². The third-order valence-corrected chi connectivity index (χ3v) is 3.51. The van der Waals surface area contributed by atoms with Gasteiger partial charge in [-0.2, -0.15) is 5.10 Å². The fourth-order valence-corrected chi connectivity index (χ4v) is 2.61. The van der Waals surface area contributed by atoms with E-state index in [1.807, 2.05) is 0 Å². The quantitative estimate of drug-likeness (QED) is 0.912. The van der Waals surface area contributed by atoms with Crippen LogP contribution in [0.15, 0.2) is 18.2 Å². The second kappa shape index (κ2) is 5.27. The molecule has 1 atom stereocenters. The number of rotatable bonds is 3. The smallest absolute Gasteiger partial charge is 0.225 e. The van der Waals surface area contributed by atoms with Crippen molar-refractivity contribution in [3.63, 3.8) is 0 Å². The number of H-pyrrole nitrogens is 1. The average Bonchev–Trinajstić information content (AvgIpc) is 2.86. The van der Waals surface area contributed by atoms with Gasteiger partial charge in [-0.1, -0.05) is 13.8 Å². The summed E-state index contributed by atoms with van der Waals surface area (Å²) in [5.74, 6) is 1.07. The van der Waals surface area contributed by atoms with Crippen LogP contribution in [0.2, 0.25) is 0 Å². The highest BCUT2D eigenvalue weighted by atomic mass is 19.1. The van der Waals surface area contributed by atoms with Gasteiger partial charge in [0.1, 0.15) is 11.6 Å². The van der Waals surface area contributed by atoms with E-state index in [1.165, 1.54) is 12.1 Å².